The first kappa shape index (κ1) is 15.6. The maximum atomic E-state index is 12.3. The molecule has 2 rings (SSSR count). The minimum Gasteiger partial charge on any atom is -0.497 e. The second kappa shape index (κ2) is 5.91. The van der Waals surface area contributed by atoms with E-state index in [1.807, 2.05) is 0 Å². The summed E-state index contributed by atoms with van der Waals surface area (Å²) in [6.07, 6.45) is -0.0882. The van der Waals surface area contributed by atoms with Crippen LogP contribution in [0, 0.1) is 0 Å². The summed E-state index contributed by atoms with van der Waals surface area (Å²) >= 11 is 0. The number of carbonyl (C=O) groups excluding carboxylic acids is 1. The first-order chi connectivity index (χ1) is 9.90. The van der Waals surface area contributed by atoms with Gasteiger partial charge in [-0.2, -0.15) is 0 Å². The zero-order valence-electron chi connectivity index (χ0n) is 12.9. The summed E-state index contributed by atoms with van der Waals surface area (Å²) in [4.78, 5) is 12.3. The number of fused-ring (bicyclic) bond motifs is 1. The van der Waals surface area contributed by atoms with Gasteiger partial charge in [-0.15, -0.1) is 0 Å². The highest BCUT2D eigenvalue weighted by Gasteiger charge is 2.36. The fourth-order valence-electron chi connectivity index (χ4n) is 2.24. The number of hydrogen-bond donors (Lipinski definition) is 0. The molecule has 0 fully saturated rings. The largest absolute Gasteiger partial charge is 0.497 e. The van der Waals surface area contributed by atoms with E-state index in [9.17, 15) is 4.79 Å². The van der Waals surface area contributed by atoms with Gasteiger partial charge in [0.1, 0.15) is 17.1 Å². The lowest BCUT2D eigenvalue weighted by molar-refractivity contribution is -0.128. The van der Waals surface area contributed by atoms with Gasteiger partial charge in [0.15, 0.2) is 6.29 Å². The molecule has 0 radical (unpaired) electrons. The third-order valence-electron chi connectivity index (χ3n) is 3.20. The Hall–Kier alpha value is -1.79. The number of benzene rings is 1. The van der Waals surface area contributed by atoms with Crippen molar-refractivity contribution < 1.29 is 28.5 Å². The van der Waals surface area contributed by atoms with Crippen molar-refractivity contribution in [3.8, 4) is 11.5 Å². The average Bonchev–Trinajstić information content (AvgIpc) is 2.42. The Labute approximate surface area is 123 Å². The summed E-state index contributed by atoms with van der Waals surface area (Å²) in [6.45, 7) is 3.36. The van der Waals surface area contributed by atoms with Gasteiger partial charge >= 0.3 is 5.97 Å². The molecule has 1 aromatic rings. The van der Waals surface area contributed by atoms with Gasteiger partial charge in [-0.25, -0.2) is 4.79 Å². The van der Waals surface area contributed by atoms with Crippen molar-refractivity contribution in [3.05, 3.63) is 23.3 Å². The Kier molecular flexibility index (Phi) is 4.39. The van der Waals surface area contributed by atoms with Crippen molar-refractivity contribution in [2.75, 3.05) is 21.3 Å². The molecule has 6 nitrogen and oxygen atoms in total. The molecule has 6 heteroatoms. The smallest absolute Gasteiger partial charge is 0.345 e. The van der Waals surface area contributed by atoms with Crippen molar-refractivity contribution in [3.63, 3.8) is 0 Å². The van der Waals surface area contributed by atoms with E-state index in [-0.39, 0.29) is 0 Å². The molecule has 0 unspecified atom stereocenters. The lowest BCUT2D eigenvalue weighted by Gasteiger charge is -2.33. The molecule has 0 saturated heterocycles. The second-order valence-corrected chi connectivity index (χ2v) is 5.16. The fraction of sp³-hybridized carbons (Fsp3) is 0.533. The molecule has 1 heterocycles. The van der Waals surface area contributed by atoms with E-state index in [0.717, 1.165) is 0 Å². The maximum absolute atomic E-state index is 12.3. The van der Waals surface area contributed by atoms with Crippen LogP contribution in [0.5, 0.6) is 11.5 Å². The highest BCUT2D eigenvalue weighted by Crippen LogP contribution is 2.37. The molecule has 116 valence electrons. The molecule has 21 heavy (non-hydrogen) atoms. The standard InChI is InChI=1S/C15H20O6/c1-15(2)20-11-8-10(17-3)6-9(7-12(18-4)19-5)13(11)14(16)21-15/h6,8,12H,7H2,1-5H3. The van der Waals surface area contributed by atoms with Crippen LogP contribution in [0.3, 0.4) is 0 Å². The summed E-state index contributed by atoms with van der Waals surface area (Å²) in [5.41, 5.74) is 1.08. The number of rotatable bonds is 5. The highest BCUT2D eigenvalue weighted by molar-refractivity contribution is 5.95. The SMILES string of the molecule is COc1cc(CC(OC)OC)c2c(c1)OC(C)(C)OC2=O. The number of hydrogen-bond acceptors (Lipinski definition) is 6. The molecule has 0 atom stereocenters. The lowest BCUT2D eigenvalue weighted by atomic mass is 10.0. The molecule has 0 N–H and O–H groups in total. The monoisotopic (exact) mass is 296 g/mol. The molecule has 0 amide bonds. The van der Waals surface area contributed by atoms with Gasteiger partial charge in [-0.3, -0.25) is 0 Å². The van der Waals surface area contributed by atoms with Crippen LogP contribution in [0.2, 0.25) is 0 Å². The summed E-state index contributed by atoms with van der Waals surface area (Å²) < 4.78 is 26.6. The van der Waals surface area contributed by atoms with Gasteiger partial charge in [-0.1, -0.05) is 0 Å². The number of cyclic esters (lactones) is 1. The predicted octanol–water partition coefficient (Wildman–Crippen LogP) is 2.14. The van der Waals surface area contributed by atoms with Crippen molar-refractivity contribution in [1.29, 1.82) is 0 Å². The third kappa shape index (κ3) is 3.28. The molecule has 1 aliphatic rings. The van der Waals surface area contributed by atoms with Crippen LogP contribution in [0.15, 0.2) is 12.1 Å². The molecule has 0 saturated carbocycles. The quantitative estimate of drug-likeness (QED) is 0.613. The minimum absolute atomic E-state index is 0.380. The topological polar surface area (TPSA) is 63.2 Å². The molecule has 0 spiro atoms. The van der Waals surface area contributed by atoms with E-state index in [1.54, 1.807) is 47.3 Å². The van der Waals surface area contributed by atoms with Crippen molar-refractivity contribution >= 4 is 5.97 Å². The van der Waals surface area contributed by atoms with E-state index in [1.165, 1.54) is 0 Å². The summed E-state index contributed by atoms with van der Waals surface area (Å²) in [5.74, 6) is -0.392. The molecular weight excluding hydrogens is 276 g/mol. The van der Waals surface area contributed by atoms with Gasteiger partial charge in [0.2, 0.25) is 5.79 Å². The lowest BCUT2D eigenvalue weighted by Crippen LogP contribution is -2.39. The first-order valence-corrected chi connectivity index (χ1v) is 6.59. The van der Waals surface area contributed by atoms with E-state index < -0.39 is 18.0 Å². The fourth-order valence-corrected chi connectivity index (χ4v) is 2.24. The van der Waals surface area contributed by atoms with E-state index in [2.05, 4.69) is 0 Å². The van der Waals surface area contributed by atoms with Crippen molar-refractivity contribution in [2.24, 2.45) is 0 Å². The third-order valence-corrected chi connectivity index (χ3v) is 3.20. The Morgan fingerprint density at radius 2 is 1.81 bits per heavy atom. The predicted molar refractivity (Wildman–Crippen MR) is 74.6 cm³/mol. The van der Waals surface area contributed by atoms with E-state index >= 15 is 0 Å². The Bertz CT molecular complexity index is 533. The molecule has 0 aliphatic carbocycles. The maximum Gasteiger partial charge on any atom is 0.345 e. The molecule has 0 aromatic heterocycles. The average molecular weight is 296 g/mol. The molecule has 1 aromatic carbocycles. The molecule has 1 aliphatic heterocycles. The number of methoxy groups -OCH3 is 3. The molecule has 0 bridgehead atoms. The van der Waals surface area contributed by atoms with Gasteiger partial charge in [0, 0.05) is 40.6 Å². The van der Waals surface area contributed by atoms with Crippen LogP contribution >= 0.6 is 0 Å². The van der Waals surface area contributed by atoms with Crippen molar-refractivity contribution in [1.82, 2.24) is 0 Å². The van der Waals surface area contributed by atoms with Crippen LogP contribution in [-0.4, -0.2) is 39.4 Å². The van der Waals surface area contributed by atoms with Gasteiger partial charge in [0.25, 0.3) is 0 Å². The zero-order chi connectivity index (χ0) is 15.6. The number of ether oxygens (including phenoxy) is 5. The first-order valence-electron chi connectivity index (χ1n) is 6.59. The number of esters is 1. The zero-order valence-corrected chi connectivity index (χ0v) is 12.9. The Morgan fingerprint density at radius 1 is 1.14 bits per heavy atom. The highest BCUT2D eigenvalue weighted by atomic mass is 16.7. The van der Waals surface area contributed by atoms with Gasteiger partial charge in [0.05, 0.1) is 7.11 Å². The Balaban J connectivity index is 2.47. The Morgan fingerprint density at radius 3 is 2.38 bits per heavy atom. The second-order valence-electron chi connectivity index (χ2n) is 5.16. The minimum atomic E-state index is -1.00. The van der Waals surface area contributed by atoms with Crippen LogP contribution < -0.4 is 9.47 Å². The van der Waals surface area contributed by atoms with Crippen LogP contribution in [0.25, 0.3) is 0 Å². The van der Waals surface area contributed by atoms with Crippen LogP contribution in [0.1, 0.15) is 29.8 Å². The van der Waals surface area contributed by atoms with Crippen LogP contribution in [0.4, 0.5) is 0 Å². The summed E-state index contributed by atoms with van der Waals surface area (Å²) in [6, 6.07) is 3.43. The molecular formula is C15H20O6. The van der Waals surface area contributed by atoms with Gasteiger partial charge < -0.3 is 23.7 Å². The van der Waals surface area contributed by atoms with Crippen LogP contribution in [-0.2, 0) is 20.6 Å². The van der Waals surface area contributed by atoms with Gasteiger partial charge in [-0.05, 0) is 11.6 Å². The normalized spacial score (nSPS) is 16.2. The summed E-state index contributed by atoms with van der Waals surface area (Å²) in [5, 5.41) is 0. The van der Waals surface area contributed by atoms with E-state index in [0.29, 0.717) is 29.0 Å². The summed E-state index contributed by atoms with van der Waals surface area (Å²) in [7, 11) is 4.64. The van der Waals surface area contributed by atoms with E-state index in [4.69, 9.17) is 23.7 Å². The van der Waals surface area contributed by atoms with Crippen molar-refractivity contribution in [2.45, 2.75) is 32.3 Å². The number of carbonyl (C=O) groups is 1.